The predicted molar refractivity (Wildman–Crippen MR) is 68.3 cm³/mol. The van der Waals surface area contributed by atoms with Gasteiger partial charge >= 0.3 is 5.97 Å². The van der Waals surface area contributed by atoms with E-state index in [4.69, 9.17) is 4.42 Å². The standard InChI is InChI=1S/C14H21NO3/c1-10(11-5-3-4-6-11)15-8-13-7-12(9-18-13)14(16)17-2/h7,9-11,15H,3-6,8H2,1-2H3/t10-/m0/s1. The highest BCUT2D eigenvalue weighted by Crippen LogP contribution is 2.27. The average Bonchev–Trinajstić information content (AvgIpc) is 3.05. The Kier molecular flexibility index (Phi) is 4.42. The highest BCUT2D eigenvalue weighted by Gasteiger charge is 2.21. The van der Waals surface area contributed by atoms with Gasteiger partial charge in [-0.05, 0) is 31.7 Å². The summed E-state index contributed by atoms with van der Waals surface area (Å²) in [5, 5.41) is 3.47. The number of hydrogen-bond donors (Lipinski definition) is 1. The highest BCUT2D eigenvalue weighted by atomic mass is 16.5. The summed E-state index contributed by atoms with van der Waals surface area (Å²) in [7, 11) is 1.37. The minimum Gasteiger partial charge on any atom is -0.467 e. The van der Waals surface area contributed by atoms with E-state index in [9.17, 15) is 4.79 Å². The molecule has 1 saturated carbocycles. The van der Waals surface area contributed by atoms with E-state index >= 15 is 0 Å². The van der Waals surface area contributed by atoms with Crippen LogP contribution in [0.15, 0.2) is 16.7 Å². The maximum Gasteiger partial charge on any atom is 0.341 e. The number of nitrogens with one attached hydrogen (secondary N) is 1. The van der Waals surface area contributed by atoms with Crippen LogP contribution >= 0.6 is 0 Å². The van der Waals surface area contributed by atoms with Gasteiger partial charge in [-0.15, -0.1) is 0 Å². The second kappa shape index (κ2) is 6.05. The van der Waals surface area contributed by atoms with Crippen LogP contribution in [0.5, 0.6) is 0 Å². The van der Waals surface area contributed by atoms with Crippen LogP contribution in [-0.2, 0) is 11.3 Å². The fraction of sp³-hybridized carbons (Fsp3) is 0.643. The third kappa shape index (κ3) is 3.13. The van der Waals surface area contributed by atoms with Crippen molar-refractivity contribution in [3.8, 4) is 0 Å². The van der Waals surface area contributed by atoms with Crippen LogP contribution in [0.3, 0.4) is 0 Å². The molecule has 4 heteroatoms. The Bertz CT molecular complexity index is 393. The van der Waals surface area contributed by atoms with Crippen molar-refractivity contribution in [1.82, 2.24) is 5.32 Å². The number of carbonyl (C=O) groups excluding carboxylic acids is 1. The molecule has 1 aliphatic rings. The maximum atomic E-state index is 11.3. The van der Waals surface area contributed by atoms with Crippen molar-refractivity contribution in [2.45, 2.75) is 45.2 Å². The van der Waals surface area contributed by atoms with Crippen LogP contribution in [0.1, 0.15) is 48.7 Å². The van der Waals surface area contributed by atoms with Crippen LogP contribution in [0.4, 0.5) is 0 Å². The Hall–Kier alpha value is -1.29. The summed E-state index contributed by atoms with van der Waals surface area (Å²) in [6.45, 7) is 2.88. The first-order valence-electron chi connectivity index (χ1n) is 6.60. The SMILES string of the molecule is COC(=O)c1coc(CN[C@@H](C)C2CCCC2)c1. The van der Waals surface area contributed by atoms with Crippen molar-refractivity contribution in [2.24, 2.45) is 5.92 Å². The maximum absolute atomic E-state index is 11.3. The van der Waals surface area contributed by atoms with Gasteiger partial charge in [0.05, 0.1) is 19.2 Å². The van der Waals surface area contributed by atoms with E-state index in [1.54, 1.807) is 6.07 Å². The molecule has 0 radical (unpaired) electrons. The first-order chi connectivity index (χ1) is 8.70. The number of methoxy groups -OCH3 is 1. The van der Waals surface area contributed by atoms with E-state index in [2.05, 4.69) is 17.0 Å². The lowest BCUT2D eigenvalue weighted by atomic mass is 10.00. The van der Waals surface area contributed by atoms with Gasteiger partial charge in [-0.3, -0.25) is 0 Å². The molecule has 0 spiro atoms. The van der Waals surface area contributed by atoms with E-state index < -0.39 is 0 Å². The number of furan rings is 1. The molecule has 1 atom stereocenters. The van der Waals surface area contributed by atoms with Gasteiger partial charge in [-0.25, -0.2) is 4.79 Å². The quantitative estimate of drug-likeness (QED) is 0.817. The molecule has 0 aliphatic heterocycles. The third-order valence-corrected chi connectivity index (χ3v) is 3.78. The van der Waals surface area contributed by atoms with Crippen molar-refractivity contribution in [3.63, 3.8) is 0 Å². The zero-order valence-electron chi connectivity index (χ0n) is 11.1. The Morgan fingerprint density at radius 2 is 2.28 bits per heavy atom. The first kappa shape index (κ1) is 13.1. The molecule has 0 saturated heterocycles. The molecular weight excluding hydrogens is 230 g/mol. The van der Waals surface area contributed by atoms with Gasteiger partial charge in [0.15, 0.2) is 0 Å². The predicted octanol–water partition coefficient (Wildman–Crippen LogP) is 2.73. The van der Waals surface area contributed by atoms with Crippen LogP contribution < -0.4 is 5.32 Å². The van der Waals surface area contributed by atoms with Gasteiger partial charge in [0.2, 0.25) is 0 Å². The van der Waals surface area contributed by atoms with Crippen molar-refractivity contribution < 1.29 is 13.9 Å². The van der Waals surface area contributed by atoms with E-state index in [0.29, 0.717) is 18.2 Å². The Balaban J connectivity index is 1.82. The van der Waals surface area contributed by atoms with Gasteiger partial charge in [-0.1, -0.05) is 12.8 Å². The zero-order chi connectivity index (χ0) is 13.0. The highest BCUT2D eigenvalue weighted by molar-refractivity contribution is 5.88. The van der Waals surface area contributed by atoms with Crippen molar-refractivity contribution in [3.05, 3.63) is 23.7 Å². The molecule has 0 aromatic carbocycles. The fourth-order valence-electron chi connectivity index (χ4n) is 2.58. The Morgan fingerprint density at radius 1 is 1.56 bits per heavy atom. The smallest absolute Gasteiger partial charge is 0.341 e. The van der Waals surface area contributed by atoms with Crippen LogP contribution in [0.2, 0.25) is 0 Å². The molecule has 0 amide bonds. The van der Waals surface area contributed by atoms with Crippen LogP contribution in [0, 0.1) is 5.92 Å². The van der Waals surface area contributed by atoms with Crippen molar-refractivity contribution >= 4 is 5.97 Å². The van der Waals surface area contributed by atoms with E-state index in [-0.39, 0.29) is 5.97 Å². The Labute approximate surface area is 108 Å². The first-order valence-corrected chi connectivity index (χ1v) is 6.60. The minimum absolute atomic E-state index is 0.353. The van der Waals surface area contributed by atoms with E-state index in [0.717, 1.165) is 11.7 Å². The fourth-order valence-corrected chi connectivity index (χ4v) is 2.58. The molecule has 4 nitrogen and oxygen atoms in total. The molecule has 2 rings (SSSR count). The lowest BCUT2D eigenvalue weighted by molar-refractivity contribution is 0.0600. The monoisotopic (exact) mass is 251 g/mol. The number of rotatable bonds is 5. The van der Waals surface area contributed by atoms with Gasteiger partial charge < -0.3 is 14.5 Å². The van der Waals surface area contributed by atoms with Crippen molar-refractivity contribution in [1.29, 1.82) is 0 Å². The molecule has 1 N–H and O–H groups in total. The van der Waals surface area contributed by atoms with E-state index in [1.165, 1.54) is 39.1 Å². The summed E-state index contributed by atoms with van der Waals surface area (Å²) >= 11 is 0. The molecule has 1 aliphatic carbocycles. The second-order valence-corrected chi connectivity index (χ2v) is 5.01. The average molecular weight is 251 g/mol. The zero-order valence-corrected chi connectivity index (χ0v) is 11.1. The van der Waals surface area contributed by atoms with Gasteiger partial charge in [0, 0.05) is 6.04 Å². The minimum atomic E-state index is -0.353. The van der Waals surface area contributed by atoms with Gasteiger partial charge in [-0.2, -0.15) is 0 Å². The summed E-state index contributed by atoms with van der Waals surface area (Å²) in [6.07, 6.45) is 6.79. The lowest BCUT2D eigenvalue weighted by Gasteiger charge is -2.19. The molecular formula is C14H21NO3. The number of esters is 1. The summed E-state index contributed by atoms with van der Waals surface area (Å²) in [5.74, 6) is 1.20. The molecule has 1 aromatic heterocycles. The number of carbonyl (C=O) groups is 1. The molecule has 100 valence electrons. The summed E-state index contributed by atoms with van der Waals surface area (Å²) in [5.41, 5.74) is 0.475. The molecule has 1 heterocycles. The van der Waals surface area contributed by atoms with Gasteiger partial charge in [0.1, 0.15) is 12.0 Å². The topological polar surface area (TPSA) is 51.5 Å². The summed E-state index contributed by atoms with van der Waals surface area (Å²) in [4.78, 5) is 11.3. The largest absolute Gasteiger partial charge is 0.467 e. The molecule has 1 aromatic rings. The number of ether oxygens (including phenoxy) is 1. The Morgan fingerprint density at radius 3 is 2.94 bits per heavy atom. The summed E-state index contributed by atoms with van der Waals surface area (Å²) in [6, 6.07) is 2.24. The van der Waals surface area contributed by atoms with Crippen molar-refractivity contribution in [2.75, 3.05) is 7.11 Å². The van der Waals surface area contributed by atoms with Crippen LogP contribution in [0.25, 0.3) is 0 Å². The lowest BCUT2D eigenvalue weighted by Crippen LogP contribution is -2.31. The van der Waals surface area contributed by atoms with Crippen LogP contribution in [-0.4, -0.2) is 19.1 Å². The van der Waals surface area contributed by atoms with Gasteiger partial charge in [0.25, 0.3) is 0 Å². The molecule has 0 bridgehead atoms. The summed E-state index contributed by atoms with van der Waals surface area (Å²) < 4.78 is 9.97. The molecule has 1 fully saturated rings. The third-order valence-electron chi connectivity index (χ3n) is 3.78. The normalized spacial score (nSPS) is 17.9. The molecule has 18 heavy (non-hydrogen) atoms. The molecule has 0 unspecified atom stereocenters. The number of hydrogen-bond acceptors (Lipinski definition) is 4. The second-order valence-electron chi connectivity index (χ2n) is 5.01. The van der Waals surface area contributed by atoms with E-state index in [1.807, 2.05) is 0 Å².